The molecular weight excluding hydrogens is 226 g/mol. The van der Waals surface area contributed by atoms with E-state index in [2.05, 4.69) is 17.1 Å². The van der Waals surface area contributed by atoms with Crippen LogP contribution in [0.5, 0.6) is 0 Å². The second kappa shape index (κ2) is 7.74. The number of amides is 1. The fraction of sp³-hybridized carbons (Fsp3) is 0.929. The van der Waals surface area contributed by atoms with E-state index < -0.39 is 0 Å². The second-order valence-electron chi connectivity index (χ2n) is 5.62. The van der Waals surface area contributed by atoms with E-state index in [9.17, 15) is 4.79 Å². The van der Waals surface area contributed by atoms with Gasteiger partial charge in [0.25, 0.3) is 0 Å². The lowest BCUT2D eigenvalue weighted by atomic mass is 9.87. The van der Waals surface area contributed by atoms with Crippen molar-refractivity contribution >= 4 is 5.91 Å². The summed E-state index contributed by atoms with van der Waals surface area (Å²) in [6.07, 6.45) is 4.30. The molecule has 1 heterocycles. The summed E-state index contributed by atoms with van der Waals surface area (Å²) in [5.41, 5.74) is 5.90. The first-order valence-corrected chi connectivity index (χ1v) is 7.32. The van der Waals surface area contributed by atoms with Gasteiger partial charge in [-0.1, -0.05) is 13.3 Å². The third-order valence-corrected chi connectivity index (χ3v) is 3.88. The van der Waals surface area contributed by atoms with Crippen LogP contribution in [-0.4, -0.2) is 42.5 Å². The highest BCUT2D eigenvalue weighted by Gasteiger charge is 2.29. The molecule has 0 bridgehead atoms. The number of nitrogens with zero attached hydrogens (tertiary/aromatic N) is 1. The summed E-state index contributed by atoms with van der Waals surface area (Å²) < 4.78 is 0. The molecule has 1 aliphatic rings. The van der Waals surface area contributed by atoms with Crippen LogP contribution in [0.4, 0.5) is 0 Å². The van der Waals surface area contributed by atoms with Gasteiger partial charge in [0.2, 0.25) is 5.91 Å². The summed E-state index contributed by atoms with van der Waals surface area (Å²) in [5.74, 6) is 0.858. The summed E-state index contributed by atoms with van der Waals surface area (Å²) in [4.78, 5) is 14.1. The molecule has 106 valence electrons. The second-order valence-corrected chi connectivity index (χ2v) is 5.62. The van der Waals surface area contributed by atoms with E-state index >= 15 is 0 Å². The van der Waals surface area contributed by atoms with Gasteiger partial charge in [0, 0.05) is 31.6 Å². The van der Waals surface area contributed by atoms with Crippen LogP contribution in [0.25, 0.3) is 0 Å². The average Bonchev–Trinajstić information content (AvgIpc) is 2.34. The Labute approximate surface area is 111 Å². The highest BCUT2D eigenvalue weighted by Crippen LogP contribution is 2.25. The number of hydrogen-bond acceptors (Lipinski definition) is 3. The van der Waals surface area contributed by atoms with Crippen molar-refractivity contribution in [3.63, 3.8) is 0 Å². The van der Waals surface area contributed by atoms with Crippen LogP contribution in [-0.2, 0) is 4.79 Å². The zero-order valence-corrected chi connectivity index (χ0v) is 12.1. The molecule has 1 amide bonds. The number of rotatable bonds is 6. The van der Waals surface area contributed by atoms with Crippen molar-refractivity contribution in [3.05, 3.63) is 0 Å². The molecule has 4 nitrogen and oxygen atoms in total. The monoisotopic (exact) mass is 255 g/mol. The minimum absolute atomic E-state index is 0.152. The number of hydrogen-bond donors (Lipinski definition) is 2. The van der Waals surface area contributed by atoms with E-state index in [0.717, 1.165) is 13.1 Å². The van der Waals surface area contributed by atoms with E-state index in [1.165, 1.54) is 19.3 Å². The molecule has 0 aromatic heterocycles. The molecule has 3 N–H and O–H groups in total. The Kier molecular flexibility index (Phi) is 6.65. The lowest BCUT2D eigenvalue weighted by Gasteiger charge is -2.40. The zero-order valence-electron chi connectivity index (χ0n) is 12.1. The Morgan fingerprint density at radius 3 is 2.78 bits per heavy atom. The van der Waals surface area contributed by atoms with Gasteiger partial charge in [-0.3, -0.25) is 9.69 Å². The van der Waals surface area contributed by atoms with E-state index in [1.54, 1.807) is 0 Å². The molecule has 0 aromatic rings. The number of carbonyl (C=O) groups excluding carboxylic acids is 1. The molecule has 1 saturated heterocycles. The summed E-state index contributed by atoms with van der Waals surface area (Å²) in [5, 5.41) is 2.94. The smallest absolute Gasteiger partial charge is 0.221 e. The molecule has 1 aliphatic heterocycles. The van der Waals surface area contributed by atoms with Crippen molar-refractivity contribution in [1.82, 2.24) is 10.2 Å². The number of piperidine rings is 1. The molecule has 1 rings (SSSR count). The Hall–Kier alpha value is -0.610. The van der Waals surface area contributed by atoms with Crippen LogP contribution in [0, 0.1) is 5.92 Å². The topological polar surface area (TPSA) is 58.4 Å². The fourth-order valence-corrected chi connectivity index (χ4v) is 2.95. The van der Waals surface area contributed by atoms with Gasteiger partial charge in [0.1, 0.15) is 0 Å². The van der Waals surface area contributed by atoms with Crippen molar-refractivity contribution in [1.29, 1.82) is 0 Å². The molecule has 0 saturated carbocycles. The largest absolute Gasteiger partial charge is 0.354 e. The first-order valence-electron chi connectivity index (χ1n) is 7.32. The molecule has 2 unspecified atom stereocenters. The van der Waals surface area contributed by atoms with Gasteiger partial charge in [0.05, 0.1) is 0 Å². The van der Waals surface area contributed by atoms with Crippen LogP contribution >= 0.6 is 0 Å². The minimum atomic E-state index is 0.152. The van der Waals surface area contributed by atoms with Gasteiger partial charge in [-0.05, 0) is 39.2 Å². The Balaban J connectivity index is 2.41. The highest BCUT2D eigenvalue weighted by molar-refractivity contribution is 5.76. The van der Waals surface area contributed by atoms with Crippen molar-refractivity contribution in [2.75, 3.05) is 19.6 Å². The van der Waals surface area contributed by atoms with Crippen LogP contribution in [0.3, 0.4) is 0 Å². The van der Waals surface area contributed by atoms with Crippen molar-refractivity contribution in [3.8, 4) is 0 Å². The van der Waals surface area contributed by atoms with Gasteiger partial charge in [0.15, 0.2) is 0 Å². The van der Waals surface area contributed by atoms with Crippen LogP contribution < -0.4 is 11.1 Å². The predicted octanol–water partition coefficient (Wildman–Crippen LogP) is 1.35. The first-order chi connectivity index (χ1) is 8.58. The fourth-order valence-electron chi connectivity index (χ4n) is 2.95. The molecule has 4 heteroatoms. The highest BCUT2D eigenvalue weighted by atomic mass is 16.1. The number of nitrogens with one attached hydrogen (secondary N) is 1. The predicted molar refractivity (Wildman–Crippen MR) is 75.3 cm³/mol. The Morgan fingerprint density at radius 2 is 2.22 bits per heavy atom. The van der Waals surface area contributed by atoms with E-state index in [4.69, 9.17) is 5.73 Å². The van der Waals surface area contributed by atoms with Crippen LogP contribution in [0.2, 0.25) is 0 Å². The Bertz CT molecular complexity index is 255. The maximum Gasteiger partial charge on any atom is 0.221 e. The van der Waals surface area contributed by atoms with E-state index in [1.807, 2.05) is 13.8 Å². The van der Waals surface area contributed by atoms with E-state index in [0.29, 0.717) is 24.9 Å². The zero-order chi connectivity index (χ0) is 13.5. The van der Waals surface area contributed by atoms with Crippen molar-refractivity contribution < 1.29 is 4.79 Å². The number of likely N-dealkylation sites (tertiary alicyclic amines) is 1. The molecule has 0 spiro atoms. The Morgan fingerprint density at radius 1 is 1.50 bits per heavy atom. The van der Waals surface area contributed by atoms with Gasteiger partial charge in [-0.25, -0.2) is 0 Å². The lowest BCUT2D eigenvalue weighted by Crippen LogP contribution is -2.50. The average molecular weight is 255 g/mol. The minimum Gasteiger partial charge on any atom is -0.354 e. The molecule has 18 heavy (non-hydrogen) atoms. The first kappa shape index (κ1) is 15.4. The quantitative estimate of drug-likeness (QED) is 0.753. The van der Waals surface area contributed by atoms with Gasteiger partial charge in [-0.2, -0.15) is 0 Å². The summed E-state index contributed by atoms with van der Waals surface area (Å²) in [6, 6.07) is 0.697. The molecule has 2 atom stereocenters. The SMILES string of the molecule is CCC1CCCN(CCC(=O)NC(C)C)C1CN. The van der Waals surface area contributed by atoms with Crippen molar-refractivity contribution in [2.45, 2.75) is 58.5 Å². The van der Waals surface area contributed by atoms with Gasteiger partial charge in [-0.15, -0.1) is 0 Å². The number of carbonyl (C=O) groups is 1. The normalized spacial score (nSPS) is 25.4. The van der Waals surface area contributed by atoms with Crippen molar-refractivity contribution in [2.24, 2.45) is 11.7 Å². The summed E-state index contributed by atoms with van der Waals surface area (Å²) >= 11 is 0. The summed E-state index contributed by atoms with van der Waals surface area (Å²) in [6.45, 7) is 8.88. The number of nitrogens with two attached hydrogens (primary N) is 1. The molecule has 0 radical (unpaired) electrons. The van der Waals surface area contributed by atoms with Crippen LogP contribution in [0.15, 0.2) is 0 Å². The maximum atomic E-state index is 11.7. The molecule has 0 aromatic carbocycles. The third kappa shape index (κ3) is 4.58. The molecular formula is C14H29N3O. The van der Waals surface area contributed by atoms with E-state index in [-0.39, 0.29) is 11.9 Å². The van der Waals surface area contributed by atoms with Crippen LogP contribution in [0.1, 0.15) is 46.5 Å². The van der Waals surface area contributed by atoms with Gasteiger partial charge < -0.3 is 11.1 Å². The molecule has 1 fully saturated rings. The summed E-state index contributed by atoms with van der Waals surface area (Å²) in [7, 11) is 0. The van der Waals surface area contributed by atoms with Gasteiger partial charge >= 0.3 is 0 Å². The maximum absolute atomic E-state index is 11.7. The lowest BCUT2D eigenvalue weighted by molar-refractivity contribution is -0.122. The molecule has 0 aliphatic carbocycles. The third-order valence-electron chi connectivity index (χ3n) is 3.88. The standard InChI is InChI=1S/C14H29N3O/c1-4-12-6-5-8-17(13(12)10-15)9-7-14(18)16-11(2)3/h11-13H,4-10,15H2,1-3H3,(H,16,18).